The molecule has 23 heavy (non-hydrogen) atoms. The van der Waals surface area contributed by atoms with Gasteiger partial charge in [-0.2, -0.15) is 5.26 Å². The molecule has 0 radical (unpaired) electrons. The molecule has 0 unspecified atom stereocenters. The minimum Gasteiger partial charge on any atom is -0.476 e. The molecule has 1 aromatic carbocycles. The van der Waals surface area contributed by atoms with Gasteiger partial charge in [0.25, 0.3) is 0 Å². The number of ether oxygens (including phenoxy) is 1. The first-order chi connectivity index (χ1) is 11.1. The predicted octanol–water partition coefficient (Wildman–Crippen LogP) is 3.16. The number of pyridine rings is 1. The summed E-state index contributed by atoms with van der Waals surface area (Å²) in [4.78, 5) is 6.25. The van der Waals surface area contributed by atoms with Gasteiger partial charge >= 0.3 is 0 Å². The van der Waals surface area contributed by atoms with Crippen LogP contribution in [0.3, 0.4) is 0 Å². The largest absolute Gasteiger partial charge is 0.476 e. The van der Waals surface area contributed by atoms with Crippen LogP contribution in [0, 0.1) is 11.3 Å². The number of hydrogen-bond acceptors (Lipinski definition) is 5. The summed E-state index contributed by atoms with van der Waals surface area (Å²) in [6, 6.07) is 11.1. The highest BCUT2D eigenvalue weighted by Crippen LogP contribution is 2.21. The fourth-order valence-corrected chi connectivity index (χ4v) is 2.10. The minimum absolute atomic E-state index is 0.557. The molecule has 6 heteroatoms. The van der Waals surface area contributed by atoms with Crippen molar-refractivity contribution in [3.8, 4) is 11.9 Å². The zero-order valence-electron chi connectivity index (χ0n) is 13.2. The van der Waals surface area contributed by atoms with Crippen molar-refractivity contribution in [3.63, 3.8) is 0 Å². The second-order valence-corrected chi connectivity index (χ2v) is 5.75. The van der Waals surface area contributed by atoms with E-state index in [0.29, 0.717) is 35.3 Å². The number of nitriles is 1. The molecule has 2 rings (SSSR count). The van der Waals surface area contributed by atoms with Crippen LogP contribution in [0.5, 0.6) is 5.88 Å². The van der Waals surface area contributed by atoms with Gasteiger partial charge in [-0.1, -0.05) is 11.6 Å². The van der Waals surface area contributed by atoms with Crippen molar-refractivity contribution in [3.05, 3.63) is 52.7 Å². The molecule has 1 aromatic heterocycles. The molecule has 2 aromatic rings. The Morgan fingerprint density at radius 1 is 1.30 bits per heavy atom. The smallest absolute Gasteiger partial charge is 0.213 e. The summed E-state index contributed by atoms with van der Waals surface area (Å²) in [6.07, 6.45) is 1.71. The van der Waals surface area contributed by atoms with Gasteiger partial charge in [-0.25, -0.2) is 4.98 Å². The third-order valence-electron chi connectivity index (χ3n) is 3.17. The van der Waals surface area contributed by atoms with Crippen LogP contribution in [0.1, 0.15) is 11.1 Å². The molecule has 120 valence electrons. The lowest BCUT2D eigenvalue weighted by Gasteiger charge is -2.12. The van der Waals surface area contributed by atoms with Gasteiger partial charge in [-0.3, -0.25) is 0 Å². The molecule has 0 amide bonds. The zero-order chi connectivity index (χ0) is 16.7. The molecule has 0 saturated carbocycles. The quantitative estimate of drug-likeness (QED) is 0.845. The summed E-state index contributed by atoms with van der Waals surface area (Å²) in [6.45, 7) is 1.98. The SMILES string of the molecule is CN(C)CCOc1cc(CNc2cc(Cl)ccc2C#N)ccn1. The fraction of sp³-hybridized carbons (Fsp3) is 0.294. The predicted molar refractivity (Wildman–Crippen MR) is 91.8 cm³/mol. The van der Waals surface area contributed by atoms with Gasteiger partial charge in [-0.15, -0.1) is 0 Å². The van der Waals surface area contributed by atoms with E-state index in [-0.39, 0.29) is 0 Å². The maximum atomic E-state index is 9.13. The molecular weight excluding hydrogens is 312 g/mol. The third-order valence-corrected chi connectivity index (χ3v) is 3.41. The highest BCUT2D eigenvalue weighted by Gasteiger charge is 2.04. The van der Waals surface area contributed by atoms with Gasteiger partial charge in [-0.05, 0) is 43.9 Å². The molecule has 0 aliphatic heterocycles. The van der Waals surface area contributed by atoms with E-state index in [1.165, 1.54) is 0 Å². The Balaban J connectivity index is 1.98. The highest BCUT2D eigenvalue weighted by molar-refractivity contribution is 6.30. The molecule has 0 spiro atoms. The monoisotopic (exact) mass is 330 g/mol. The number of nitrogens with zero attached hydrogens (tertiary/aromatic N) is 3. The lowest BCUT2D eigenvalue weighted by molar-refractivity contribution is 0.253. The number of hydrogen-bond donors (Lipinski definition) is 1. The summed E-state index contributed by atoms with van der Waals surface area (Å²) in [5.41, 5.74) is 2.29. The summed E-state index contributed by atoms with van der Waals surface area (Å²) < 4.78 is 5.62. The number of halogens is 1. The van der Waals surface area contributed by atoms with E-state index in [0.717, 1.165) is 12.1 Å². The molecule has 5 nitrogen and oxygen atoms in total. The lowest BCUT2D eigenvalue weighted by Crippen LogP contribution is -2.19. The second-order valence-electron chi connectivity index (χ2n) is 5.31. The Labute approximate surface area is 141 Å². The number of nitrogens with one attached hydrogen (secondary N) is 1. The first-order valence-corrected chi connectivity index (χ1v) is 7.62. The Hall–Kier alpha value is -2.29. The third kappa shape index (κ3) is 5.44. The Kier molecular flexibility index (Phi) is 6.21. The van der Waals surface area contributed by atoms with Crippen molar-refractivity contribution in [2.45, 2.75) is 6.54 Å². The molecule has 0 saturated heterocycles. The van der Waals surface area contributed by atoms with Gasteiger partial charge in [0.05, 0.1) is 11.3 Å². The van der Waals surface area contributed by atoms with Gasteiger partial charge in [0.1, 0.15) is 12.7 Å². The number of anilines is 1. The summed E-state index contributed by atoms with van der Waals surface area (Å²) >= 11 is 5.98. The van der Waals surface area contributed by atoms with Crippen molar-refractivity contribution < 1.29 is 4.74 Å². The summed E-state index contributed by atoms with van der Waals surface area (Å²) in [5.74, 6) is 0.595. The van der Waals surface area contributed by atoms with E-state index < -0.39 is 0 Å². The molecule has 0 bridgehead atoms. The van der Waals surface area contributed by atoms with Crippen molar-refractivity contribution in [2.24, 2.45) is 0 Å². The van der Waals surface area contributed by atoms with Crippen molar-refractivity contribution in [1.82, 2.24) is 9.88 Å². The summed E-state index contributed by atoms with van der Waals surface area (Å²) in [5, 5.41) is 12.9. The van der Waals surface area contributed by atoms with Gasteiger partial charge in [0.2, 0.25) is 5.88 Å². The Bertz CT molecular complexity index is 697. The van der Waals surface area contributed by atoms with E-state index >= 15 is 0 Å². The van der Waals surface area contributed by atoms with Crippen LogP contribution in [0.4, 0.5) is 5.69 Å². The second kappa shape index (κ2) is 8.37. The number of benzene rings is 1. The minimum atomic E-state index is 0.557. The fourth-order valence-electron chi connectivity index (χ4n) is 1.93. The van der Waals surface area contributed by atoms with Gasteiger partial charge < -0.3 is 15.0 Å². The van der Waals surface area contributed by atoms with E-state index in [1.807, 2.05) is 31.1 Å². The Morgan fingerprint density at radius 2 is 2.13 bits per heavy atom. The number of likely N-dealkylation sites (N-methyl/N-ethyl adjacent to an activating group) is 1. The Morgan fingerprint density at radius 3 is 2.87 bits per heavy atom. The first-order valence-electron chi connectivity index (χ1n) is 7.24. The molecule has 1 heterocycles. The van der Waals surface area contributed by atoms with Crippen LogP contribution in [-0.2, 0) is 6.54 Å². The maximum absolute atomic E-state index is 9.13. The van der Waals surface area contributed by atoms with Crippen molar-refractivity contribution in [1.29, 1.82) is 5.26 Å². The first kappa shape index (κ1) is 17.1. The lowest BCUT2D eigenvalue weighted by atomic mass is 10.2. The topological polar surface area (TPSA) is 61.2 Å². The van der Waals surface area contributed by atoms with Crippen LogP contribution in [-0.4, -0.2) is 37.1 Å². The average Bonchev–Trinajstić information content (AvgIpc) is 2.53. The number of aromatic nitrogens is 1. The van der Waals surface area contributed by atoms with Crippen molar-refractivity contribution >= 4 is 17.3 Å². The van der Waals surface area contributed by atoms with E-state index in [4.69, 9.17) is 21.6 Å². The van der Waals surface area contributed by atoms with Gasteiger partial charge in [0, 0.05) is 30.4 Å². The highest BCUT2D eigenvalue weighted by atomic mass is 35.5. The normalized spacial score (nSPS) is 10.4. The van der Waals surface area contributed by atoms with Crippen LogP contribution in [0.15, 0.2) is 36.5 Å². The van der Waals surface area contributed by atoms with Crippen LogP contribution in [0.2, 0.25) is 5.02 Å². The number of rotatable bonds is 7. The maximum Gasteiger partial charge on any atom is 0.213 e. The average molecular weight is 331 g/mol. The van der Waals surface area contributed by atoms with Gasteiger partial charge in [0.15, 0.2) is 0 Å². The van der Waals surface area contributed by atoms with Crippen LogP contribution < -0.4 is 10.1 Å². The molecule has 0 aliphatic carbocycles. The molecule has 0 fully saturated rings. The van der Waals surface area contributed by atoms with E-state index in [9.17, 15) is 0 Å². The zero-order valence-corrected chi connectivity index (χ0v) is 14.0. The molecule has 0 atom stereocenters. The molecular formula is C17H19ClN4O. The van der Waals surface area contributed by atoms with E-state index in [2.05, 4.69) is 16.4 Å². The van der Waals surface area contributed by atoms with Crippen LogP contribution >= 0.6 is 11.6 Å². The summed E-state index contributed by atoms with van der Waals surface area (Å²) in [7, 11) is 3.99. The molecule has 0 aliphatic rings. The van der Waals surface area contributed by atoms with E-state index in [1.54, 1.807) is 24.4 Å². The molecule has 1 N–H and O–H groups in total. The van der Waals surface area contributed by atoms with Crippen LogP contribution in [0.25, 0.3) is 0 Å². The van der Waals surface area contributed by atoms with Crippen molar-refractivity contribution in [2.75, 3.05) is 32.6 Å². The standard InChI is InChI=1S/C17H19ClN4O/c1-22(2)7-8-23-17-9-13(5-6-20-17)12-21-16-10-15(18)4-3-14(16)11-19/h3-6,9-10,21H,7-8,12H2,1-2H3.